The van der Waals surface area contributed by atoms with Gasteiger partial charge >= 0.3 is 27.0 Å². The summed E-state index contributed by atoms with van der Waals surface area (Å²) in [5.74, 6) is 1.37. The zero-order valence-corrected chi connectivity index (χ0v) is 81.8. The van der Waals surface area contributed by atoms with Gasteiger partial charge in [-0.25, -0.2) is 31.9 Å². The number of phosphoric ester groups is 1. The highest BCUT2D eigenvalue weighted by Gasteiger charge is 2.33. The number of hydrogen-bond acceptors (Lipinski definition) is 22. The average molecular weight is 1910 g/mol. The third kappa shape index (κ3) is 29.5. The Kier molecular flexibility index (Phi) is 38.7. The SMILES string of the molecule is C.CCCCCc1ccc(Oc2c(C(=O)c3c(C)cc(F)cc3C)sc3cc(O)ccc23)cc1.CCN(CCc1ccc(Oc2c(C(=O)c3c(C)cc(F)cc3C)sc3cc(O)ccc23)cc1)C(=O)OC(C)(C)C.CCOP(=O)(Cl)OCC.CCOP(=O)(OCC)Oc1ccc2c(Oc3ccc(CCN(CC)C(=O)OC(C)(C)C)cc3)c(C(=O)c3c(C)cc(F)cc3C)sc2c1. The summed E-state index contributed by atoms with van der Waals surface area (Å²) in [4.78, 5) is 70.9. The molecule has 702 valence electrons. The van der Waals surface area contributed by atoms with Crippen LogP contribution in [0.3, 0.4) is 0 Å². The van der Waals surface area contributed by atoms with Crippen LogP contribution in [0.4, 0.5) is 22.8 Å². The van der Waals surface area contributed by atoms with Crippen LogP contribution in [0, 0.1) is 59.0 Å². The molecule has 21 nitrogen and oxygen atoms in total. The van der Waals surface area contributed by atoms with Gasteiger partial charge in [0.2, 0.25) is 17.3 Å². The Morgan fingerprint density at radius 1 is 0.397 bits per heavy atom. The van der Waals surface area contributed by atoms with Gasteiger partial charge in [0.25, 0.3) is 0 Å². The van der Waals surface area contributed by atoms with E-state index in [9.17, 15) is 56.5 Å². The number of thiophene rings is 3. The van der Waals surface area contributed by atoms with Crippen LogP contribution in [0.15, 0.2) is 164 Å². The number of benzene rings is 9. The van der Waals surface area contributed by atoms with Crippen molar-refractivity contribution in [2.24, 2.45) is 0 Å². The van der Waals surface area contributed by atoms with Gasteiger partial charge in [-0.15, -0.1) is 34.0 Å². The minimum Gasteiger partial charge on any atom is -0.508 e. The van der Waals surface area contributed by atoms with Crippen molar-refractivity contribution in [1.29, 1.82) is 0 Å². The normalized spacial score (nSPS) is 11.5. The Labute approximate surface area is 782 Å². The summed E-state index contributed by atoms with van der Waals surface area (Å²) in [7, 11) is -3.86. The van der Waals surface area contributed by atoms with Gasteiger partial charge in [0, 0.05) is 84.4 Å². The third-order valence-electron chi connectivity index (χ3n) is 19.9. The van der Waals surface area contributed by atoms with Gasteiger partial charge in [0.15, 0.2) is 17.2 Å². The van der Waals surface area contributed by atoms with Crippen LogP contribution in [0.25, 0.3) is 30.3 Å². The van der Waals surface area contributed by atoms with E-state index in [0.29, 0.717) is 172 Å². The first-order valence-electron chi connectivity index (χ1n) is 43.0. The van der Waals surface area contributed by atoms with E-state index in [2.05, 4.69) is 28.1 Å². The zero-order chi connectivity index (χ0) is 95.3. The van der Waals surface area contributed by atoms with E-state index in [1.165, 1.54) is 88.8 Å². The number of carbonyl (C=O) groups excluding carboxylic acids is 5. The highest BCUT2D eigenvalue weighted by Crippen LogP contribution is 2.54. The fraction of sp³-hybridized carbons (Fsp3) is 0.356. The number of ketones is 3. The van der Waals surface area contributed by atoms with E-state index in [1.54, 1.807) is 134 Å². The van der Waals surface area contributed by atoms with Crippen molar-refractivity contribution >= 4 is 120 Å². The molecule has 0 unspecified atom stereocenters. The minimum absolute atomic E-state index is 0. The number of amides is 2. The van der Waals surface area contributed by atoms with Crippen LogP contribution in [-0.2, 0) is 56.0 Å². The number of phenols is 2. The number of phosphoric acid groups is 1. The number of carbonyl (C=O) groups is 5. The van der Waals surface area contributed by atoms with Crippen LogP contribution < -0.4 is 18.7 Å². The molecule has 0 aliphatic rings. The molecule has 0 aliphatic heterocycles. The highest BCUT2D eigenvalue weighted by molar-refractivity contribution is 7.81. The lowest BCUT2D eigenvalue weighted by Crippen LogP contribution is -2.37. The molecule has 9 aromatic carbocycles. The van der Waals surface area contributed by atoms with E-state index in [0.717, 1.165) is 34.1 Å². The van der Waals surface area contributed by atoms with Gasteiger partial charge in [-0.1, -0.05) is 63.6 Å². The molecule has 30 heteroatoms. The lowest BCUT2D eigenvalue weighted by atomic mass is 9.97. The molecule has 2 amide bonds. The lowest BCUT2D eigenvalue weighted by molar-refractivity contribution is 0.0251. The summed E-state index contributed by atoms with van der Waals surface area (Å²) in [5.41, 5.74) is 6.71. The fourth-order valence-electron chi connectivity index (χ4n) is 14.1. The van der Waals surface area contributed by atoms with Crippen molar-refractivity contribution in [2.45, 2.75) is 189 Å². The Bertz CT molecular complexity index is 6000. The molecule has 0 saturated carbocycles. The predicted molar refractivity (Wildman–Crippen MR) is 519 cm³/mol. The van der Waals surface area contributed by atoms with Gasteiger partial charge < -0.3 is 48.2 Å². The Morgan fingerprint density at radius 3 is 0.977 bits per heavy atom. The minimum atomic E-state index is -3.86. The number of likely N-dealkylation sites (N-methyl/N-ethyl adjacent to an activating group) is 2. The van der Waals surface area contributed by atoms with Gasteiger partial charge in [-0.2, -0.15) is 0 Å². The van der Waals surface area contributed by atoms with E-state index in [-0.39, 0.29) is 73.2 Å². The molecular weight excluding hydrogens is 1800 g/mol. The standard InChI is InChI=1S/C36H43FNO8PS.C32H34FNO5S.C28H27FO3S.C4H10ClO3P.CH4/c1-9-38(35(40)45-36(6,7)8)19-18-25-12-14-27(15-13-25)44-33-29-17-16-28(46-47(41,42-10-2)43-11-3)22-30(29)48-34(33)32(39)31-23(4)20-26(37)21-24(31)5;1-7-34(31(37)39-32(4,5)6)15-14-21-8-11-24(12-9-21)38-29-25-13-10-23(35)18-26(25)40-30(29)28(36)27-19(2)16-22(33)17-20(27)3;1-4-5-6-7-19-8-11-22(12-9-19)32-27-23-13-10-21(30)16-24(23)33-28(27)26(31)25-17(2)14-20(29)15-18(25)3;1-3-7-9(5,6)8-4-2;/h12-17,20-22H,9-11,18-19H2,1-8H3;8-13,16-18,35H,7,14-15H2,1-6H3;8-16,30H,4-7H2,1-3H3;3-4H2,1-2H3;1H4. The highest BCUT2D eigenvalue weighted by atomic mass is 35.7. The number of fused-ring (bicyclic) bond motifs is 3. The van der Waals surface area contributed by atoms with Crippen molar-refractivity contribution in [3.63, 3.8) is 0 Å². The van der Waals surface area contributed by atoms with Crippen molar-refractivity contribution in [3.05, 3.63) is 263 Å². The monoisotopic (exact) mass is 1910 g/mol. The van der Waals surface area contributed by atoms with Crippen molar-refractivity contribution in [2.75, 3.05) is 52.6 Å². The summed E-state index contributed by atoms with van der Waals surface area (Å²) in [6.07, 6.45) is 5.13. The van der Waals surface area contributed by atoms with E-state index < -0.39 is 37.6 Å². The predicted octanol–water partition coefficient (Wildman–Crippen LogP) is 29.4. The molecule has 131 heavy (non-hydrogen) atoms. The quantitative estimate of drug-likeness (QED) is 0.0216. The molecule has 0 bridgehead atoms. The Balaban J connectivity index is 0.000000233. The van der Waals surface area contributed by atoms with E-state index >= 15 is 0 Å². The lowest BCUT2D eigenvalue weighted by Gasteiger charge is -2.26. The molecule has 0 spiro atoms. The zero-order valence-electron chi connectivity index (χ0n) is 76.8. The molecule has 12 aromatic rings. The third-order valence-corrected chi connectivity index (χ3v) is 26.6. The van der Waals surface area contributed by atoms with Gasteiger partial charge in [0.1, 0.15) is 77.8 Å². The first kappa shape index (κ1) is 106. The number of nitrogens with zero attached hydrogens (tertiary/aromatic N) is 2. The fourth-order valence-corrected chi connectivity index (χ4v) is 19.8. The summed E-state index contributed by atoms with van der Waals surface area (Å²) < 4.78 is 123. The van der Waals surface area contributed by atoms with E-state index in [4.69, 9.17) is 48.5 Å². The first-order valence-corrected chi connectivity index (χ1v) is 49.3. The molecule has 2 N–H and O–H groups in total. The summed E-state index contributed by atoms with van der Waals surface area (Å²) >= 11 is 8.93. The Morgan fingerprint density at radius 2 is 0.687 bits per heavy atom. The topological polar surface area (TPSA) is 259 Å². The maximum Gasteiger partial charge on any atom is 0.530 e. The van der Waals surface area contributed by atoms with Crippen LogP contribution in [0.1, 0.15) is 212 Å². The summed E-state index contributed by atoms with van der Waals surface area (Å²) in [6, 6.07) is 45.9. The largest absolute Gasteiger partial charge is 0.530 e. The van der Waals surface area contributed by atoms with Crippen molar-refractivity contribution < 1.29 is 103 Å². The number of unbranched alkanes of at least 4 members (excludes halogenated alkanes) is 2. The molecule has 0 saturated heterocycles. The van der Waals surface area contributed by atoms with Crippen LogP contribution >= 0.6 is 60.0 Å². The average Bonchev–Trinajstić information content (AvgIpc) is 1.63. The number of phenolic OH excluding ortho intramolecular Hbond substituents is 2. The summed E-state index contributed by atoms with van der Waals surface area (Å²) in [6.45, 7) is 33.9. The molecule has 0 aliphatic carbocycles. The van der Waals surface area contributed by atoms with Crippen molar-refractivity contribution in [1.82, 2.24) is 9.80 Å². The smallest absolute Gasteiger partial charge is 0.508 e. The Hall–Kier alpha value is -10.4. The van der Waals surface area contributed by atoms with Gasteiger partial charge in [-0.05, 0) is 328 Å². The van der Waals surface area contributed by atoms with E-state index in [1.807, 2.05) is 116 Å². The van der Waals surface area contributed by atoms with Gasteiger partial charge in [0.05, 0.1) is 26.4 Å². The molecule has 0 atom stereocenters. The molecule has 0 radical (unpaired) electrons. The number of aromatic hydroxyl groups is 2. The maximum absolute atomic E-state index is 14.1. The van der Waals surface area contributed by atoms with Gasteiger partial charge in [-0.3, -0.25) is 32.5 Å². The van der Waals surface area contributed by atoms with Crippen LogP contribution in [0.5, 0.6) is 51.7 Å². The second kappa shape index (κ2) is 47.8. The summed E-state index contributed by atoms with van der Waals surface area (Å²) in [5, 5.41) is 22.1. The van der Waals surface area contributed by atoms with Crippen LogP contribution in [0.2, 0.25) is 0 Å². The first-order chi connectivity index (χ1) is 61.5. The second-order valence-electron chi connectivity index (χ2n) is 32.5. The molecular formula is C101H118ClF3N2O19P2S3. The second-order valence-corrected chi connectivity index (χ2v) is 39.9. The molecule has 3 heterocycles. The number of hydrogen-bond donors (Lipinski definition) is 2. The number of halogens is 4. The van der Waals surface area contributed by atoms with Crippen LogP contribution in [-0.4, -0.2) is 113 Å². The molecule has 0 fully saturated rings. The maximum atomic E-state index is 14.1. The molecule has 3 aromatic heterocycles. The number of ether oxygens (including phenoxy) is 5. The number of rotatable bonds is 34. The molecule has 12 rings (SSSR count). The van der Waals surface area contributed by atoms with Crippen molar-refractivity contribution in [3.8, 4) is 51.7 Å². The number of aryl methyl sites for hydroxylation is 7.